The van der Waals surface area contributed by atoms with Gasteiger partial charge in [0.05, 0.1) is 14.1 Å². The number of hydrogen-bond donors (Lipinski definition) is 0. The van der Waals surface area contributed by atoms with Gasteiger partial charge in [0.15, 0.2) is 5.78 Å². The molecule has 0 atom stereocenters. The molecular formula is C28H37BrN2O5. The SMILES string of the molecule is C=CC(=O)OCCN(C)C.C=CC(=O)OCC[N+](C)(C)Cc1ccc(C(=O)c2ccccc2)cc1.[Br-]. The monoisotopic (exact) mass is 560 g/mol. The first kappa shape index (κ1) is 32.9. The third-order valence-corrected chi connectivity index (χ3v) is 4.92. The van der Waals surface area contributed by atoms with E-state index in [1.54, 1.807) is 0 Å². The van der Waals surface area contributed by atoms with Crippen molar-refractivity contribution in [1.29, 1.82) is 0 Å². The minimum Gasteiger partial charge on any atom is -1.00 e. The Kier molecular flexibility index (Phi) is 15.9. The number of esters is 2. The van der Waals surface area contributed by atoms with Crippen LogP contribution in [0.4, 0.5) is 0 Å². The molecule has 0 radical (unpaired) electrons. The van der Waals surface area contributed by atoms with Crippen LogP contribution in [0.25, 0.3) is 0 Å². The number of quaternary nitrogens is 1. The van der Waals surface area contributed by atoms with Gasteiger partial charge in [0.1, 0.15) is 26.3 Å². The molecule has 0 aliphatic rings. The van der Waals surface area contributed by atoms with Crippen molar-refractivity contribution < 1.29 is 45.3 Å². The van der Waals surface area contributed by atoms with Crippen LogP contribution in [-0.2, 0) is 25.6 Å². The summed E-state index contributed by atoms with van der Waals surface area (Å²) in [5.74, 6) is -0.733. The van der Waals surface area contributed by atoms with E-state index < -0.39 is 5.97 Å². The van der Waals surface area contributed by atoms with E-state index in [9.17, 15) is 14.4 Å². The van der Waals surface area contributed by atoms with Crippen molar-refractivity contribution >= 4 is 17.7 Å². The smallest absolute Gasteiger partial charge is 0.330 e. The molecule has 8 heteroatoms. The quantitative estimate of drug-likeness (QED) is 0.163. The van der Waals surface area contributed by atoms with Gasteiger partial charge in [0.2, 0.25) is 0 Å². The fourth-order valence-corrected chi connectivity index (χ4v) is 2.93. The molecule has 0 saturated heterocycles. The lowest BCUT2D eigenvalue weighted by atomic mass is 10.0. The number of ketones is 1. The standard InChI is InChI=1S/C21H24NO3.C7H13NO2.BrH/c1-4-20(23)25-15-14-22(2,3)16-17-10-12-19(13-11-17)21(24)18-8-6-5-7-9-18;1-4-7(9)10-6-5-8(2)3;/h4-13H,1,14-16H2,2-3H3;4H,1,5-6H2,2-3H3;1H/q+1;;/p-1. The van der Waals surface area contributed by atoms with Crippen LogP contribution in [0, 0.1) is 0 Å². The van der Waals surface area contributed by atoms with E-state index in [2.05, 4.69) is 27.3 Å². The molecule has 2 aromatic rings. The normalized spacial score (nSPS) is 10.2. The van der Waals surface area contributed by atoms with E-state index in [4.69, 9.17) is 9.47 Å². The summed E-state index contributed by atoms with van der Waals surface area (Å²) < 4.78 is 10.4. The molecule has 0 amide bonds. The molecule has 0 N–H and O–H groups in total. The average Bonchev–Trinajstić information content (AvgIpc) is 2.84. The summed E-state index contributed by atoms with van der Waals surface area (Å²) in [6.45, 7) is 9.66. The number of hydrogen-bond acceptors (Lipinski definition) is 6. The molecule has 36 heavy (non-hydrogen) atoms. The summed E-state index contributed by atoms with van der Waals surface area (Å²) >= 11 is 0. The maximum atomic E-state index is 12.4. The fraction of sp³-hybridized carbons (Fsp3) is 0.321. The van der Waals surface area contributed by atoms with Gasteiger partial charge in [-0.25, -0.2) is 9.59 Å². The molecular weight excluding hydrogens is 524 g/mol. The van der Waals surface area contributed by atoms with Gasteiger partial charge in [-0.2, -0.15) is 0 Å². The molecule has 2 rings (SSSR count). The van der Waals surface area contributed by atoms with E-state index >= 15 is 0 Å². The largest absolute Gasteiger partial charge is 1.00 e. The predicted molar refractivity (Wildman–Crippen MR) is 138 cm³/mol. The summed E-state index contributed by atoms with van der Waals surface area (Å²) in [5.41, 5.74) is 2.50. The fourth-order valence-electron chi connectivity index (χ4n) is 2.93. The Bertz CT molecular complexity index is 973. The van der Waals surface area contributed by atoms with Crippen LogP contribution >= 0.6 is 0 Å². The van der Waals surface area contributed by atoms with E-state index in [0.29, 0.717) is 35.4 Å². The molecule has 2 aromatic carbocycles. The third-order valence-electron chi connectivity index (χ3n) is 4.92. The predicted octanol–water partition coefficient (Wildman–Crippen LogP) is 0.504. The molecule has 0 aromatic heterocycles. The number of carbonyl (C=O) groups excluding carboxylic acids is 3. The van der Waals surface area contributed by atoms with E-state index in [1.165, 1.54) is 6.08 Å². The second-order valence-corrected chi connectivity index (χ2v) is 8.76. The van der Waals surface area contributed by atoms with Crippen LogP contribution in [0.2, 0.25) is 0 Å². The van der Waals surface area contributed by atoms with Gasteiger partial charge in [-0.3, -0.25) is 4.79 Å². The number of carbonyl (C=O) groups is 3. The molecule has 196 valence electrons. The molecule has 0 bridgehead atoms. The zero-order valence-electron chi connectivity index (χ0n) is 21.6. The Balaban J connectivity index is 0.000000948. The molecule has 0 aliphatic heterocycles. The molecule has 0 heterocycles. The Morgan fingerprint density at radius 2 is 1.33 bits per heavy atom. The van der Waals surface area contributed by atoms with Crippen LogP contribution in [0.3, 0.4) is 0 Å². The second-order valence-electron chi connectivity index (χ2n) is 8.76. The highest BCUT2D eigenvalue weighted by Gasteiger charge is 2.17. The van der Waals surface area contributed by atoms with Crippen LogP contribution in [0.1, 0.15) is 21.5 Å². The molecule has 0 spiro atoms. The zero-order valence-corrected chi connectivity index (χ0v) is 23.2. The lowest BCUT2D eigenvalue weighted by Gasteiger charge is -2.29. The molecule has 0 fully saturated rings. The van der Waals surface area contributed by atoms with Gasteiger partial charge in [-0.05, 0) is 14.1 Å². The van der Waals surface area contributed by atoms with E-state index in [1.807, 2.05) is 73.6 Å². The Morgan fingerprint density at radius 1 is 0.833 bits per heavy atom. The maximum absolute atomic E-state index is 12.4. The topological polar surface area (TPSA) is 72.9 Å². The van der Waals surface area contributed by atoms with Gasteiger partial charge in [-0.15, -0.1) is 0 Å². The molecule has 0 unspecified atom stereocenters. The third kappa shape index (κ3) is 13.7. The van der Waals surface area contributed by atoms with Gasteiger partial charge in [0, 0.05) is 35.4 Å². The molecule has 7 nitrogen and oxygen atoms in total. The maximum Gasteiger partial charge on any atom is 0.330 e. The average molecular weight is 562 g/mol. The number of rotatable bonds is 12. The highest BCUT2D eigenvalue weighted by atomic mass is 79.9. The van der Waals surface area contributed by atoms with Crippen molar-refractivity contribution in [3.63, 3.8) is 0 Å². The Hall–Kier alpha value is -3.07. The first-order valence-electron chi connectivity index (χ1n) is 11.3. The first-order valence-corrected chi connectivity index (χ1v) is 11.3. The second kappa shape index (κ2) is 17.4. The van der Waals surface area contributed by atoms with Gasteiger partial charge in [-0.1, -0.05) is 67.8 Å². The number of likely N-dealkylation sites (N-methyl/N-ethyl adjacent to an activating group) is 2. The minimum atomic E-state index is -0.399. The first-order chi connectivity index (χ1) is 16.6. The summed E-state index contributed by atoms with van der Waals surface area (Å²) in [6.07, 6.45) is 2.33. The van der Waals surface area contributed by atoms with Crippen LogP contribution < -0.4 is 17.0 Å². The highest BCUT2D eigenvalue weighted by molar-refractivity contribution is 6.08. The minimum absolute atomic E-state index is 0. The number of nitrogens with zero attached hydrogens (tertiary/aromatic N) is 2. The van der Waals surface area contributed by atoms with Crippen LogP contribution in [0.5, 0.6) is 0 Å². The van der Waals surface area contributed by atoms with Crippen LogP contribution in [0.15, 0.2) is 79.9 Å². The Morgan fingerprint density at radius 3 is 1.83 bits per heavy atom. The summed E-state index contributed by atoms with van der Waals surface area (Å²) in [7, 11) is 7.99. The highest BCUT2D eigenvalue weighted by Crippen LogP contribution is 2.14. The molecule has 0 aliphatic carbocycles. The zero-order chi connectivity index (χ0) is 26.3. The lowest BCUT2D eigenvalue weighted by Crippen LogP contribution is -3.00. The van der Waals surface area contributed by atoms with Crippen molar-refractivity contribution in [3.8, 4) is 0 Å². The summed E-state index contributed by atoms with van der Waals surface area (Å²) in [4.78, 5) is 35.9. The van der Waals surface area contributed by atoms with Crippen molar-refractivity contribution in [3.05, 3.63) is 96.6 Å². The molecule has 0 saturated carbocycles. The van der Waals surface area contributed by atoms with Gasteiger partial charge < -0.3 is 35.8 Å². The van der Waals surface area contributed by atoms with Crippen molar-refractivity contribution in [1.82, 2.24) is 4.90 Å². The van der Waals surface area contributed by atoms with Gasteiger partial charge >= 0.3 is 11.9 Å². The summed E-state index contributed by atoms with van der Waals surface area (Å²) in [6, 6.07) is 16.9. The van der Waals surface area contributed by atoms with E-state index in [-0.39, 0.29) is 28.7 Å². The van der Waals surface area contributed by atoms with E-state index in [0.717, 1.165) is 24.7 Å². The van der Waals surface area contributed by atoms with Crippen molar-refractivity contribution in [2.45, 2.75) is 6.54 Å². The lowest BCUT2D eigenvalue weighted by molar-refractivity contribution is -0.903. The van der Waals surface area contributed by atoms with Gasteiger partial charge in [0.25, 0.3) is 0 Å². The number of ether oxygens (including phenoxy) is 2. The van der Waals surface area contributed by atoms with Crippen molar-refractivity contribution in [2.24, 2.45) is 0 Å². The Labute approximate surface area is 225 Å². The summed E-state index contributed by atoms with van der Waals surface area (Å²) in [5, 5.41) is 0. The number of benzene rings is 2. The number of halogens is 1. The van der Waals surface area contributed by atoms with Crippen LogP contribution in [-0.4, -0.2) is 81.6 Å². The van der Waals surface area contributed by atoms with Crippen molar-refractivity contribution in [2.75, 3.05) is 54.5 Å².